The minimum absolute atomic E-state index is 0.0655. The van der Waals surface area contributed by atoms with Crippen molar-refractivity contribution in [1.29, 1.82) is 5.26 Å². The van der Waals surface area contributed by atoms with Gasteiger partial charge in [0, 0.05) is 37.3 Å². The number of nitrogens with zero attached hydrogens (tertiary/aromatic N) is 2. The minimum atomic E-state index is -0.478. The topological polar surface area (TPSA) is 94.5 Å². The van der Waals surface area contributed by atoms with Gasteiger partial charge in [-0.25, -0.2) is 0 Å². The molecule has 0 aromatic heterocycles. The molecule has 1 aliphatic rings. The molecule has 1 aromatic rings. The molecule has 1 aromatic carbocycles. The summed E-state index contributed by atoms with van der Waals surface area (Å²) in [7, 11) is 1.52. The fourth-order valence-electron chi connectivity index (χ4n) is 2.60. The molecule has 2 rings (SSSR count). The molecule has 8 heteroatoms. The SMILES string of the molecule is COc1ccc(Cl)cc1N/C=C(/C#N)C(=O)NCCCN1CCCC1=O. The Kier molecular flexibility index (Phi) is 7.30. The van der Waals surface area contributed by atoms with Crippen molar-refractivity contribution in [3.05, 3.63) is 35.0 Å². The summed E-state index contributed by atoms with van der Waals surface area (Å²) >= 11 is 5.95. The van der Waals surface area contributed by atoms with Crippen molar-refractivity contribution in [2.24, 2.45) is 0 Å². The first-order valence-corrected chi connectivity index (χ1v) is 8.69. The average molecular weight is 377 g/mol. The summed E-state index contributed by atoms with van der Waals surface area (Å²) in [5.41, 5.74) is 0.484. The number of carbonyl (C=O) groups is 2. The van der Waals surface area contributed by atoms with Crippen LogP contribution in [0.2, 0.25) is 5.02 Å². The first kappa shape index (κ1) is 19.6. The molecule has 0 saturated carbocycles. The number of anilines is 1. The van der Waals surface area contributed by atoms with Gasteiger partial charge < -0.3 is 20.3 Å². The molecule has 0 bridgehead atoms. The second-order valence-electron chi connectivity index (χ2n) is 5.75. The summed E-state index contributed by atoms with van der Waals surface area (Å²) < 4.78 is 5.20. The zero-order chi connectivity index (χ0) is 18.9. The molecule has 2 N–H and O–H groups in total. The van der Waals surface area contributed by atoms with Crippen LogP contribution >= 0.6 is 11.6 Å². The van der Waals surface area contributed by atoms with Crippen molar-refractivity contribution in [3.63, 3.8) is 0 Å². The molecule has 138 valence electrons. The van der Waals surface area contributed by atoms with E-state index in [1.165, 1.54) is 13.3 Å². The molecule has 0 unspecified atom stereocenters. The van der Waals surface area contributed by atoms with Gasteiger partial charge in [0.25, 0.3) is 5.91 Å². The van der Waals surface area contributed by atoms with Crippen LogP contribution in [0, 0.1) is 11.3 Å². The molecular weight excluding hydrogens is 356 g/mol. The predicted octanol–water partition coefficient (Wildman–Crippen LogP) is 2.30. The highest BCUT2D eigenvalue weighted by atomic mass is 35.5. The molecule has 0 aliphatic carbocycles. The highest BCUT2D eigenvalue weighted by Gasteiger charge is 2.19. The number of hydrogen-bond acceptors (Lipinski definition) is 5. The van der Waals surface area contributed by atoms with E-state index in [4.69, 9.17) is 16.3 Å². The molecular formula is C18H21ClN4O3. The van der Waals surface area contributed by atoms with Crippen LogP contribution in [0.1, 0.15) is 19.3 Å². The Morgan fingerprint density at radius 2 is 2.31 bits per heavy atom. The number of halogens is 1. The van der Waals surface area contributed by atoms with Gasteiger partial charge in [-0.1, -0.05) is 11.6 Å². The fraction of sp³-hybridized carbons (Fsp3) is 0.389. The second kappa shape index (κ2) is 9.68. The van der Waals surface area contributed by atoms with Crippen LogP contribution in [-0.2, 0) is 9.59 Å². The molecule has 0 atom stereocenters. The number of amides is 2. The van der Waals surface area contributed by atoms with Gasteiger partial charge in [-0.05, 0) is 31.0 Å². The van der Waals surface area contributed by atoms with Crippen LogP contribution < -0.4 is 15.4 Å². The standard InChI is InChI=1S/C18H21ClN4O3/c1-26-16-6-5-14(19)10-15(16)22-12-13(11-20)18(25)21-7-3-9-23-8-2-4-17(23)24/h5-6,10,12,22H,2-4,7-9H2,1H3,(H,21,25)/b13-12-. The van der Waals surface area contributed by atoms with Crippen molar-refractivity contribution in [2.45, 2.75) is 19.3 Å². The van der Waals surface area contributed by atoms with Crippen LogP contribution in [0.3, 0.4) is 0 Å². The number of ether oxygens (including phenoxy) is 1. The Labute approximate surface area is 157 Å². The third-order valence-electron chi connectivity index (χ3n) is 3.96. The summed E-state index contributed by atoms with van der Waals surface area (Å²) in [4.78, 5) is 25.4. The lowest BCUT2D eigenvalue weighted by Gasteiger charge is -2.15. The highest BCUT2D eigenvalue weighted by molar-refractivity contribution is 6.30. The monoisotopic (exact) mass is 376 g/mol. The Hall–Kier alpha value is -2.72. The number of nitriles is 1. The van der Waals surface area contributed by atoms with Gasteiger partial charge in [0.15, 0.2) is 0 Å². The first-order valence-electron chi connectivity index (χ1n) is 8.31. The van der Waals surface area contributed by atoms with E-state index < -0.39 is 5.91 Å². The van der Waals surface area contributed by atoms with E-state index in [1.54, 1.807) is 23.1 Å². The number of nitrogens with one attached hydrogen (secondary N) is 2. The molecule has 26 heavy (non-hydrogen) atoms. The zero-order valence-corrected chi connectivity index (χ0v) is 15.3. The van der Waals surface area contributed by atoms with Crippen LogP contribution in [0.15, 0.2) is 30.0 Å². The molecule has 1 fully saturated rings. The number of benzene rings is 1. The van der Waals surface area contributed by atoms with Crippen LogP contribution in [0.25, 0.3) is 0 Å². The van der Waals surface area contributed by atoms with Gasteiger partial charge in [-0.2, -0.15) is 5.26 Å². The van der Waals surface area contributed by atoms with Gasteiger partial charge in [0.05, 0.1) is 12.8 Å². The third kappa shape index (κ3) is 5.39. The van der Waals surface area contributed by atoms with E-state index in [0.717, 1.165) is 13.0 Å². The van der Waals surface area contributed by atoms with E-state index in [9.17, 15) is 14.9 Å². The van der Waals surface area contributed by atoms with E-state index in [-0.39, 0.29) is 11.5 Å². The molecule has 0 radical (unpaired) electrons. The summed E-state index contributed by atoms with van der Waals surface area (Å²) in [5.74, 6) is 0.223. The van der Waals surface area contributed by atoms with Crippen molar-refractivity contribution >= 4 is 29.1 Å². The number of carbonyl (C=O) groups excluding carboxylic acids is 2. The Bertz CT molecular complexity index is 742. The van der Waals surface area contributed by atoms with Gasteiger partial charge in [0.2, 0.25) is 5.91 Å². The molecule has 0 spiro atoms. The van der Waals surface area contributed by atoms with Crippen molar-refractivity contribution in [3.8, 4) is 11.8 Å². The van der Waals surface area contributed by atoms with Gasteiger partial charge >= 0.3 is 0 Å². The molecule has 1 saturated heterocycles. The van der Waals surface area contributed by atoms with Crippen molar-refractivity contribution in [1.82, 2.24) is 10.2 Å². The summed E-state index contributed by atoms with van der Waals surface area (Å²) in [6, 6.07) is 6.86. The Morgan fingerprint density at radius 3 is 2.96 bits per heavy atom. The van der Waals surface area contributed by atoms with E-state index >= 15 is 0 Å². The normalized spacial score (nSPS) is 14.1. The zero-order valence-electron chi connectivity index (χ0n) is 14.5. The summed E-state index contributed by atoms with van der Waals surface area (Å²) in [6.07, 6.45) is 3.46. The molecule has 2 amide bonds. The van der Waals surface area contributed by atoms with E-state index in [1.807, 2.05) is 6.07 Å². The highest BCUT2D eigenvalue weighted by Crippen LogP contribution is 2.27. The number of rotatable bonds is 8. The Morgan fingerprint density at radius 1 is 1.50 bits per heavy atom. The van der Waals surface area contributed by atoms with Crippen LogP contribution in [0.4, 0.5) is 5.69 Å². The lowest BCUT2D eigenvalue weighted by atomic mass is 10.2. The van der Waals surface area contributed by atoms with Gasteiger partial charge in [-0.15, -0.1) is 0 Å². The maximum atomic E-state index is 12.1. The number of likely N-dealkylation sites (tertiary alicyclic amines) is 1. The quantitative estimate of drug-likeness (QED) is 0.412. The molecule has 1 heterocycles. The van der Waals surface area contributed by atoms with E-state index in [2.05, 4.69) is 10.6 Å². The maximum Gasteiger partial charge on any atom is 0.263 e. The Balaban J connectivity index is 1.86. The average Bonchev–Trinajstić information content (AvgIpc) is 3.04. The summed E-state index contributed by atoms with van der Waals surface area (Å²) in [5, 5.41) is 15.2. The first-order chi connectivity index (χ1) is 12.5. The van der Waals surface area contributed by atoms with Gasteiger partial charge in [-0.3, -0.25) is 9.59 Å². The smallest absolute Gasteiger partial charge is 0.263 e. The largest absolute Gasteiger partial charge is 0.495 e. The number of hydrogen-bond donors (Lipinski definition) is 2. The third-order valence-corrected chi connectivity index (χ3v) is 4.20. The van der Waals surface area contributed by atoms with Crippen molar-refractivity contribution in [2.75, 3.05) is 32.1 Å². The van der Waals surface area contributed by atoms with Crippen molar-refractivity contribution < 1.29 is 14.3 Å². The fourth-order valence-corrected chi connectivity index (χ4v) is 2.77. The predicted molar refractivity (Wildman–Crippen MR) is 98.8 cm³/mol. The second-order valence-corrected chi connectivity index (χ2v) is 6.19. The summed E-state index contributed by atoms with van der Waals surface area (Å²) in [6.45, 7) is 1.78. The van der Waals surface area contributed by atoms with E-state index in [0.29, 0.717) is 42.4 Å². The lowest BCUT2D eigenvalue weighted by Crippen LogP contribution is -2.31. The lowest BCUT2D eigenvalue weighted by molar-refractivity contribution is -0.127. The molecule has 1 aliphatic heterocycles. The van der Waals surface area contributed by atoms with Crippen LogP contribution in [0.5, 0.6) is 5.75 Å². The molecule has 7 nitrogen and oxygen atoms in total. The van der Waals surface area contributed by atoms with Gasteiger partial charge in [0.1, 0.15) is 17.4 Å². The number of methoxy groups -OCH3 is 1. The minimum Gasteiger partial charge on any atom is -0.495 e. The maximum absolute atomic E-state index is 12.1. The van der Waals surface area contributed by atoms with Crippen LogP contribution in [-0.4, -0.2) is 43.5 Å².